The maximum atomic E-state index is 12.7. The number of benzene rings is 2. The van der Waals surface area contributed by atoms with E-state index in [1.165, 1.54) is 12.1 Å². The molecule has 0 bridgehead atoms. The molecule has 1 heterocycles. The maximum Gasteiger partial charge on any atom is 0.416 e. The fraction of sp³-hybridized carbons (Fsp3) is 0.368. The normalized spacial score (nSPS) is 20.8. The molecule has 0 aliphatic carbocycles. The molecule has 0 aromatic heterocycles. The lowest BCUT2D eigenvalue weighted by Gasteiger charge is -2.38. The Morgan fingerprint density at radius 2 is 1.65 bits per heavy atom. The molecule has 1 fully saturated rings. The largest absolute Gasteiger partial charge is 0.416 e. The minimum absolute atomic E-state index is 0.0399. The van der Waals surface area contributed by atoms with Gasteiger partial charge in [-0.2, -0.15) is 13.2 Å². The summed E-state index contributed by atoms with van der Waals surface area (Å²) in [6, 6.07) is 11.8. The van der Waals surface area contributed by atoms with Crippen LogP contribution in [0.15, 0.2) is 48.5 Å². The summed E-state index contributed by atoms with van der Waals surface area (Å²) in [6.07, 6.45) is -3.43. The van der Waals surface area contributed by atoms with Crippen LogP contribution in [0, 0.1) is 16.0 Å². The number of halogens is 3. The van der Waals surface area contributed by atoms with Gasteiger partial charge in [0.25, 0.3) is 5.69 Å². The van der Waals surface area contributed by atoms with Crippen molar-refractivity contribution in [1.29, 1.82) is 0 Å². The van der Waals surface area contributed by atoms with Crippen LogP contribution in [0.25, 0.3) is 0 Å². The van der Waals surface area contributed by atoms with E-state index in [1.807, 2.05) is 0 Å². The summed E-state index contributed by atoms with van der Waals surface area (Å²) in [5, 5.41) is 10.8. The smallest absolute Gasteiger partial charge is 0.371 e. The van der Waals surface area contributed by atoms with Gasteiger partial charge in [-0.1, -0.05) is 19.1 Å². The molecule has 26 heavy (non-hydrogen) atoms. The third-order valence-corrected chi connectivity index (χ3v) is 4.79. The highest BCUT2D eigenvalue weighted by atomic mass is 19.4. The zero-order valence-corrected chi connectivity index (χ0v) is 14.2. The van der Waals surface area contributed by atoms with Crippen LogP contribution < -0.4 is 4.90 Å². The predicted octanol–water partition coefficient (Wildman–Crippen LogP) is 5.24. The molecule has 3 rings (SSSR count). The number of nitrogens with zero attached hydrogens (tertiary/aromatic N) is 2. The van der Waals surface area contributed by atoms with Crippen LogP contribution in [0.4, 0.5) is 24.5 Å². The average molecular weight is 364 g/mol. The highest BCUT2D eigenvalue weighted by molar-refractivity contribution is 5.52. The molecule has 2 unspecified atom stereocenters. The quantitative estimate of drug-likeness (QED) is 0.552. The molecule has 0 spiro atoms. The highest BCUT2D eigenvalue weighted by Crippen LogP contribution is 2.35. The molecule has 2 atom stereocenters. The molecule has 0 N–H and O–H groups in total. The Kier molecular flexibility index (Phi) is 4.89. The van der Waals surface area contributed by atoms with E-state index in [9.17, 15) is 23.3 Å². The molecule has 138 valence electrons. The van der Waals surface area contributed by atoms with E-state index in [4.69, 9.17) is 0 Å². The molecular weight excluding hydrogens is 345 g/mol. The van der Waals surface area contributed by atoms with Crippen LogP contribution >= 0.6 is 0 Å². The van der Waals surface area contributed by atoms with E-state index in [1.54, 1.807) is 24.3 Å². The minimum atomic E-state index is -4.33. The molecule has 0 amide bonds. The summed E-state index contributed by atoms with van der Waals surface area (Å²) in [6.45, 7) is 3.59. The first-order valence-electron chi connectivity index (χ1n) is 8.40. The van der Waals surface area contributed by atoms with Crippen molar-refractivity contribution in [2.24, 2.45) is 5.92 Å². The summed E-state index contributed by atoms with van der Waals surface area (Å²) in [4.78, 5) is 12.5. The van der Waals surface area contributed by atoms with E-state index in [-0.39, 0.29) is 11.6 Å². The number of hydrogen-bond donors (Lipinski definition) is 0. The number of anilines is 1. The summed E-state index contributed by atoms with van der Waals surface area (Å²) >= 11 is 0. The maximum absolute atomic E-state index is 12.7. The van der Waals surface area contributed by atoms with Crippen molar-refractivity contribution in [2.45, 2.75) is 25.4 Å². The molecule has 0 saturated carbocycles. The Morgan fingerprint density at radius 3 is 2.19 bits per heavy atom. The van der Waals surface area contributed by atoms with Gasteiger partial charge < -0.3 is 4.90 Å². The van der Waals surface area contributed by atoms with Crippen molar-refractivity contribution in [3.8, 4) is 0 Å². The van der Waals surface area contributed by atoms with Crippen LogP contribution in [-0.4, -0.2) is 18.0 Å². The van der Waals surface area contributed by atoms with Crippen molar-refractivity contribution in [3.63, 3.8) is 0 Å². The van der Waals surface area contributed by atoms with Crippen LogP contribution in [0.3, 0.4) is 0 Å². The number of rotatable bonds is 3. The van der Waals surface area contributed by atoms with Crippen molar-refractivity contribution in [3.05, 3.63) is 69.8 Å². The minimum Gasteiger partial charge on any atom is -0.371 e. The fourth-order valence-electron chi connectivity index (χ4n) is 3.53. The summed E-state index contributed by atoms with van der Waals surface area (Å²) in [5.74, 6) is 0.488. The lowest BCUT2D eigenvalue weighted by molar-refractivity contribution is -0.384. The van der Waals surface area contributed by atoms with E-state index >= 15 is 0 Å². The first-order valence-corrected chi connectivity index (χ1v) is 8.40. The van der Waals surface area contributed by atoms with Gasteiger partial charge in [-0.05, 0) is 42.2 Å². The van der Waals surface area contributed by atoms with Gasteiger partial charge in [0.05, 0.1) is 10.5 Å². The van der Waals surface area contributed by atoms with Gasteiger partial charge in [0.2, 0.25) is 0 Å². The highest BCUT2D eigenvalue weighted by Gasteiger charge is 2.31. The van der Waals surface area contributed by atoms with Crippen LogP contribution in [-0.2, 0) is 6.18 Å². The van der Waals surface area contributed by atoms with Crippen molar-refractivity contribution in [2.75, 3.05) is 18.0 Å². The zero-order valence-electron chi connectivity index (χ0n) is 14.2. The number of nitro benzene ring substituents is 1. The number of hydrogen-bond acceptors (Lipinski definition) is 3. The number of non-ortho nitro benzene ring substituents is 1. The molecule has 2 aromatic carbocycles. The number of nitro groups is 1. The molecule has 7 heteroatoms. The summed E-state index contributed by atoms with van der Waals surface area (Å²) in [7, 11) is 0. The fourth-order valence-corrected chi connectivity index (χ4v) is 3.53. The van der Waals surface area contributed by atoms with E-state index in [2.05, 4.69) is 11.8 Å². The zero-order chi connectivity index (χ0) is 18.9. The standard InChI is InChI=1S/C19H19F3N2O2/c1-13-10-15(14-2-4-16(5-3-14)19(20,21)22)12-23(11-13)17-6-8-18(9-7-17)24(25)26/h2-9,13,15H,10-12H2,1H3. The first-order chi connectivity index (χ1) is 12.2. The molecule has 4 nitrogen and oxygen atoms in total. The SMILES string of the molecule is CC1CC(c2ccc(C(F)(F)F)cc2)CN(c2ccc([N+](=O)[O-])cc2)C1. The molecule has 2 aromatic rings. The Balaban J connectivity index is 1.78. The van der Waals surface area contributed by atoms with Crippen LogP contribution in [0.2, 0.25) is 0 Å². The predicted molar refractivity (Wildman–Crippen MR) is 93.3 cm³/mol. The van der Waals surface area contributed by atoms with Gasteiger partial charge >= 0.3 is 6.18 Å². The second-order valence-corrected chi connectivity index (χ2v) is 6.84. The third kappa shape index (κ3) is 3.98. The Labute approximate surface area is 149 Å². The monoisotopic (exact) mass is 364 g/mol. The van der Waals surface area contributed by atoms with Gasteiger partial charge in [-0.25, -0.2) is 0 Å². The lowest BCUT2D eigenvalue weighted by Crippen LogP contribution is -2.38. The van der Waals surface area contributed by atoms with Gasteiger partial charge in [0.15, 0.2) is 0 Å². The van der Waals surface area contributed by atoms with Crippen molar-refractivity contribution >= 4 is 11.4 Å². The number of piperidine rings is 1. The van der Waals surface area contributed by atoms with Crippen LogP contribution in [0.5, 0.6) is 0 Å². The van der Waals surface area contributed by atoms with E-state index < -0.39 is 16.7 Å². The van der Waals surface area contributed by atoms with Crippen molar-refractivity contribution in [1.82, 2.24) is 0 Å². The summed E-state index contributed by atoms with van der Waals surface area (Å²) < 4.78 is 38.2. The van der Waals surface area contributed by atoms with E-state index in [0.29, 0.717) is 12.5 Å². The second kappa shape index (κ2) is 6.97. The summed E-state index contributed by atoms with van der Waals surface area (Å²) in [5.41, 5.74) is 1.17. The van der Waals surface area contributed by atoms with Gasteiger partial charge in [0, 0.05) is 36.8 Å². The van der Waals surface area contributed by atoms with Gasteiger partial charge in [-0.3, -0.25) is 10.1 Å². The van der Waals surface area contributed by atoms with Gasteiger partial charge in [-0.15, -0.1) is 0 Å². The molecular formula is C19H19F3N2O2. The molecule has 1 aliphatic rings. The Bertz CT molecular complexity index is 773. The third-order valence-electron chi connectivity index (χ3n) is 4.79. The average Bonchev–Trinajstić information content (AvgIpc) is 2.60. The number of alkyl halides is 3. The Hall–Kier alpha value is -2.57. The molecule has 1 aliphatic heterocycles. The van der Waals surface area contributed by atoms with Gasteiger partial charge in [0.1, 0.15) is 0 Å². The van der Waals surface area contributed by atoms with E-state index in [0.717, 1.165) is 36.3 Å². The molecule has 0 radical (unpaired) electrons. The second-order valence-electron chi connectivity index (χ2n) is 6.84. The lowest BCUT2D eigenvalue weighted by atomic mass is 9.85. The van der Waals surface area contributed by atoms with Crippen molar-refractivity contribution < 1.29 is 18.1 Å². The Morgan fingerprint density at radius 1 is 1.04 bits per heavy atom. The molecule has 1 saturated heterocycles. The first kappa shape index (κ1) is 18.2. The van der Waals surface area contributed by atoms with Crippen LogP contribution in [0.1, 0.15) is 30.4 Å². The topological polar surface area (TPSA) is 46.4 Å².